The Hall–Kier alpha value is -1.57. The second-order valence-electron chi connectivity index (χ2n) is 6.57. The van der Waals surface area contributed by atoms with Crippen molar-refractivity contribution in [2.45, 2.75) is 6.42 Å². The minimum atomic E-state index is -4.58. The van der Waals surface area contributed by atoms with Gasteiger partial charge in [0.05, 0.1) is 35.1 Å². The predicted octanol–water partition coefficient (Wildman–Crippen LogP) is 9.06. The minimum Gasteiger partial charge on any atom is -0.386 e. The molecule has 0 saturated carbocycles. The molecule has 0 radical (unpaired) electrons. The van der Waals surface area contributed by atoms with Crippen molar-refractivity contribution in [3.05, 3.63) is 87.8 Å². The Balaban J connectivity index is 1.90. The van der Waals surface area contributed by atoms with Crippen LogP contribution in [0.25, 0.3) is 0 Å². The van der Waals surface area contributed by atoms with E-state index in [4.69, 9.17) is 83.2 Å². The monoisotopic (exact) mass is 587 g/mol. The van der Waals surface area contributed by atoms with E-state index in [9.17, 15) is 14.7 Å². The van der Waals surface area contributed by atoms with Gasteiger partial charge in [0.1, 0.15) is 5.75 Å². The standard InChI is InChI=1S/C19H8Cl6NO6P/c20-12-6-14(22)18-10(16(12)24)5-11-17(25)13(21)7-15(23)19(11)32-33(29,31-18)30-9-3-1-8(2-4-9)26(27)28/h1-4,6-7H,5H2. The van der Waals surface area contributed by atoms with Crippen LogP contribution < -0.4 is 13.6 Å². The summed E-state index contributed by atoms with van der Waals surface area (Å²) < 4.78 is 30.5. The lowest BCUT2D eigenvalue weighted by molar-refractivity contribution is -0.384. The summed E-state index contributed by atoms with van der Waals surface area (Å²) in [7, 11) is -4.58. The zero-order valence-electron chi connectivity index (χ0n) is 15.8. The highest BCUT2D eigenvalue weighted by atomic mass is 35.5. The van der Waals surface area contributed by atoms with Gasteiger partial charge in [-0.2, -0.15) is 4.57 Å². The second-order valence-corrected chi connectivity index (χ2v) is 10.4. The van der Waals surface area contributed by atoms with Crippen LogP contribution in [0.1, 0.15) is 11.1 Å². The van der Waals surface area contributed by atoms with E-state index in [1.165, 1.54) is 24.3 Å². The van der Waals surface area contributed by atoms with Gasteiger partial charge >= 0.3 is 7.82 Å². The van der Waals surface area contributed by atoms with Gasteiger partial charge in [-0.05, 0) is 24.3 Å². The molecular formula is C19H8Cl6NO6P. The molecule has 0 fully saturated rings. The van der Waals surface area contributed by atoms with E-state index in [0.29, 0.717) is 0 Å². The van der Waals surface area contributed by atoms with E-state index < -0.39 is 12.7 Å². The second kappa shape index (κ2) is 9.23. The first kappa shape index (κ1) is 24.6. The molecule has 0 amide bonds. The number of hydrogen-bond donors (Lipinski definition) is 0. The average Bonchev–Trinajstić information content (AvgIpc) is 2.74. The summed E-state index contributed by atoms with van der Waals surface area (Å²) in [6, 6.07) is 7.35. The molecule has 14 heteroatoms. The molecule has 1 aliphatic heterocycles. The fraction of sp³-hybridized carbons (Fsp3) is 0.0526. The summed E-state index contributed by atoms with van der Waals surface area (Å²) in [4.78, 5) is 10.3. The van der Waals surface area contributed by atoms with E-state index >= 15 is 0 Å². The van der Waals surface area contributed by atoms with Crippen LogP contribution in [0.15, 0.2) is 36.4 Å². The van der Waals surface area contributed by atoms with Gasteiger partial charge in [0.2, 0.25) is 0 Å². The van der Waals surface area contributed by atoms with Crippen LogP contribution >= 0.6 is 77.4 Å². The molecule has 0 aliphatic carbocycles. The van der Waals surface area contributed by atoms with E-state index in [2.05, 4.69) is 0 Å². The fourth-order valence-electron chi connectivity index (χ4n) is 2.98. The van der Waals surface area contributed by atoms with Crippen LogP contribution in [0.2, 0.25) is 30.1 Å². The highest BCUT2D eigenvalue weighted by molar-refractivity contribution is 7.49. The number of phosphoric acid groups is 1. The van der Waals surface area contributed by atoms with Gasteiger partial charge in [0, 0.05) is 29.7 Å². The molecule has 0 atom stereocenters. The highest BCUT2D eigenvalue weighted by Crippen LogP contribution is 2.58. The van der Waals surface area contributed by atoms with Crippen molar-refractivity contribution in [2.24, 2.45) is 0 Å². The Morgan fingerprint density at radius 1 is 0.818 bits per heavy atom. The van der Waals surface area contributed by atoms with Gasteiger partial charge in [-0.25, -0.2) is 0 Å². The SMILES string of the molecule is O=[N+]([O-])c1ccc(OP2(=O)Oc3c(Cl)cc(Cl)c(Cl)c3Cc3c(Cl)c(Cl)cc(Cl)c3O2)cc1. The Labute approximate surface area is 216 Å². The molecule has 0 aromatic heterocycles. The Morgan fingerprint density at radius 3 is 1.70 bits per heavy atom. The summed E-state index contributed by atoms with van der Waals surface area (Å²) in [5.41, 5.74) is 0.280. The molecule has 0 saturated heterocycles. The maximum atomic E-state index is 13.7. The van der Waals surface area contributed by atoms with Crippen molar-refractivity contribution in [3.63, 3.8) is 0 Å². The quantitative estimate of drug-likeness (QED) is 0.131. The van der Waals surface area contributed by atoms with Crippen LogP contribution in [-0.2, 0) is 11.0 Å². The van der Waals surface area contributed by atoms with Crippen molar-refractivity contribution in [2.75, 3.05) is 0 Å². The lowest BCUT2D eigenvalue weighted by atomic mass is 10.0. The number of rotatable bonds is 3. The summed E-state index contributed by atoms with van der Waals surface area (Å²) in [6.07, 6.45) is -0.0274. The number of non-ortho nitro benzene ring substituents is 1. The van der Waals surface area contributed by atoms with Crippen LogP contribution in [-0.4, -0.2) is 4.92 Å². The molecule has 7 nitrogen and oxygen atoms in total. The van der Waals surface area contributed by atoms with Crippen LogP contribution in [0.5, 0.6) is 17.2 Å². The summed E-state index contributed by atoms with van der Waals surface area (Å²) in [6.45, 7) is 0. The van der Waals surface area contributed by atoms with Gasteiger partial charge in [0.25, 0.3) is 5.69 Å². The smallest absolute Gasteiger partial charge is 0.386 e. The van der Waals surface area contributed by atoms with E-state index in [1.54, 1.807) is 0 Å². The zero-order valence-corrected chi connectivity index (χ0v) is 21.2. The number of nitro groups is 1. The largest absolute Gasteiger partial charge is 0.647 e. The van der Waals surface area contributed by atoms with Crippen molar-refractivity contribution in [1.29, 1.82) is 0 Å². The van der Waals surface area contributed by atoms with Gasteiger partial charge in [-0.15, -0.1) is 0 Å². The fourth-order valence-corrected chi connectivity index (χ4v) is 5.94. The third-order valence-electron chi connectivity index (χ3n) is 4.46. The Bertz CT molecular complexity index is 1280. The van der Waals surface area contributed by atoms with Gasteiger partial charge in [0.15, 0.2) is 11.5 Å². The van der Waals surface area contributed by atoms with E-state index in [0.717, 1.165) is 12.1 Å². The Morgan fingerprint density at radius 2 is 1.27 bits per heavy atom. The lowest BCUT2D eigenvalue weighted by Crippen LogP contribution is -2.13. The van der Waals surface area contributed by atoms with Crippen molar-refractivity contribution >= 4 is 83.1 Å². The van der Waals surface area contributed by atoms with Crippen LogP contribution in [0.4, 0.5) is 5.69 Å². The lowest BCUT2D eigenvalue weighted by Gasteiger charge is -2.27. The summed E-state index contributed by atoms with van der Waals surface area (Å²) in [5, 5.41) is 11.2. The Kier molecular flexibility index (Phi) is 6.87. The third kappa shape index (κ3) is 4.82. The molecule has 1 heterocycles. The molecule has 1 aliphatic rings. The molecule has 33 heavy (non-hydrogen) atoms. The number of fused-ring (bicyclic) bond motifs is 2. The molecule has 0 N–H and O–H groups in total. The minimum absolute atomic E-state index is 0.0248. The number of benzene rings is 3. The van der Waals surface area contributed by atoms with Gasteiger partial charge in [-0.3, -0.25) is 10.1 Å². The van der Waals surface area contributed by atoms with E-state index in [-0.39, 0.29) is 70.6 Å². The zero-order chi connectivity index (χ0) is 24.1. The first-order valence-electron chi connectivity index (χ1n) is 8.75. The number of nitro benzene ring substituents is 1. The molecule has 0 bridgehead atoms. The number of nitrogens with zero attached hydrogens (tertiary/aromatic N) is 1. The van der Waals surface area contributed by atoms with Crippen molar-refractivity contribution in [3.8, 4) is 17.2 Å². The average molecular weight is 590 g/mol. The molecule has 3 aromatic carbocycles. The normalized spacial score (nSPS) is 14.1. The molecule has 172 valence electrons. The molecule has 0 unspecified atom stereocenters. The highest BCUT2D eigenvalue weighted by Gasteiger charge is 2.40. The van der Waals surface area contributed by atoms with Crippen molar-refractivity contribution < 1.29 is 23.1 Å². The first-order chi connectivity index (χ1) is 15.5. The van der Waals surface area contributed by atoms with Crippen LogP contribution in [0.3, 0.4) is 0 Å². The number of phosphoric ester groups is 1. The maximum Gasteiger partial charge on any atom is 0.647 e. The number of hydrogen-bond acceptors (Lipinski definition) is 6. The maximum absolute atomic E-state index is 13.7. The molecular weight excluding hydrogens is 582 g/mol. The molecule has 3 aromatic rings. The molecule has 0 spiro atoms. The van der Waals surface area contributed by atoms with Crippen LogP contribution in [0, 0.1) is 10.1 Å². The third-order valence-corrected chi connectivity index (χ3v) is 7.92. The summed E-state index contributed by atoms with van der Waals surface area (Å²) in [5.74, 6) is -0.289. The van der Waals surface area contributed by atoms with Gasteiger partial charge < -0.3 is 13.6 Å². The topological polar surface area (TPSA) is 87.9 Å². The molecule has 4 rings (SSSR count). The van der Waals surface area contributed by atoms with Crippen molar-refractivity contribution in [1.82, 2.24) is 0 Å². The first-order valence-corrected chi connectivity index (χ1v) is 12.5. The summed E-state index contributed by atoms with van der Waals surface area (Å²) >= 11 is 37.7. The predicted molar refractivity (Wildman–Crippen MR) is 128 cm³/mol. The number of halogens is 6. The van der Waals surface area contributed by atoms with Gasteiger partial charge in [-0.1, -0.05) is 69.6 Å². The van der Waals surface area contributed by atoms with E-state index in [1.807, 2.05) is 0 Å².